The number of nitrogens with zero attached hydrogens (tertiary/aromatic N) is 4. The lowest BCUT2D eigenvalue weighted by molar-refractivity contribution is 0.000213. The van der Waals surface area contributed by atoms with Gasteiger partial charge in [-0.15, -0.1) is 21.5 Å². The third-order valence-electron chi connectivity index (χ3n) is 4.05. The van der Waals surface area contributed by atoms with Gasteiger partial charge >= 0.3 is 0 Å². The maximum absolute atomic E-state index is 5.43. The smallest absolute Gasteiger partial charge is 0.131 e. The molecule has 3 heterocycles. The lowest BCUT2D eigenvalue weighted by atomic mass is 10.0. The van der Waals surface area contributed by atoms with Gasteiger partial charge in [0.2, 0.25) is 0 Å². The van der Waals surface area contributed by atoms with Crippen LogP contribution in [0.1, 0.15) is 22.9 Å². The molecule has 106 valence electrons. The Labute approximate surface area is 118 Å². The molecule has 2 aliphatic heterocycles. The van der Waals surface area contributed by atoms with Crippen LogP contribution >= 0.6 is 11.3 Å². The third kappa shape index (κ3) is 3.51. The minimum absolute atomic E-state index is 0.760. The predicted molar refractivity (Wildman–Crippen MR) is 75.3 cm³/mol. The van der Waals surface area contributed by atoms with Crippen molar-refractivity contribution in [2.75, 3.05) is 39.4 Å². The second-order valence-corrected chi connectivity index (χ2v) is 6.64. The Morgan fingerprint density at radius 2 is 1.89 bits per heavy atom. The van der Waals surface area contributed by atoms with Gasteiger partial charge in [-0.1, -0.05) is 0 Å². The standard InChI is InChI=1S/C13H22N4OS/c1-11-14-15-13(19-11)10-16-4-2-12(3-5-16)17-6-8-18-9-7-17/h12H,2-10H2,1H3. The molecule has 19 heavy (non-hydrogen) atoms. The number of rotatable bonds is 3. The zero-order valence-electron chi connectivity index (χ0n) is 11.5. The fourth-order valence-electron chi connectivity index (χ4n) is 2.98. The number of morpholine rings is 1. The Morgan fingerprint density at radius 3 is 2.53 bits per heavy atom. The van der Waals surface area contributed by atoms with Gasteiger partial charge in [0.05, 0.1) is 19.8 Å². The summed E-state index contributed by atoms with van der Waals surface area (Å²) < 4.78 is 5.43. The van der Waals surface area contributed by atoms with Crippen LogP contribution in [0.2, 0.25) is 0 Å². The first kappa shape index (κ1) is 13.4. The number of piperidine rings is 1. The average Bonchev–Trinajstić information content (AvgIpc) is 2.86. The van der Waals surface area contributed by atoms with Crippen LogP contribution in [0.3, 0.4) is 0 Å². The fourth-order valence-corrected chi connectivity index (χ4v) is 3.73. The van der Waals surface area contributed by atoms with Crippen LogP contribution in [0.4, 0.5) is 0 Å². The molecule has 0 radical (unpaired) electrons. The monoisotopic (exact) mass is 282 g/mol. The van der Waals surface area contributed by atoms with E-state index in [1.807, 2.05) is 6.92 Å². The van der Waals surface area contributed by atoms with Crippen molar-refractivity contribution in [1.29, 1.82) is 0 Å². The number of aryl methyl sites for hydroxylation is 1. The van der Waals surface area contributed by atoms with Gasteiger partial charge in [-0.2, -0.15) is 0 Å². The summed E-state index contributed by atoms with van der Waals surface area (Å²) in [5.74, 6) is 0. The summed E-state index contributed by atoms with van der Waals surface area (Å²) in [4.78, 5) is 5.12. The highest BCUT2D eigenvalue weighted by atomic mass is 32.1. The van der Waals surface area contributed by atoms with E-state index in [0.717, 1.165) is 48.9 Å². The molecule has 0 bridgehead atoms. The quantitative estimate of drug-likeness (QED) is 0.832. The van der Waals surface area contributed by atoms with E-state index < -0.39 is 0 Å². The number of ether oxygens (including phenoxy) is 1. The summed E-state index contributed by atoms with van der Waals surface area (Å²) >= 11 is 1.72. The van der Waals surface area contributed by atoms with Crippen LogP contribution in [-0.4, -0.2) is 65.4 Å². The molecule has 0 N–H and O–H groups in total. The Bertz CT molecular complexity index is 397. The SMILES string of the molecule is Cc1nnc(CN2CCC(N3CCOCC3)CC2)s1. The number of hydrogen-bond acceptors (Lipinski definition) is 6. The molecule has 1 aromatic rings. The first-order valence-corrected chi connectivity index (χ1v) is 7.96. The zero-order chi connectivity index (χ0) is 13.1. The van der Waals surface area contributed by atoms with Gasteiger partial charge in [-0.3, -0.25) is 9.80 Å². The molecule has 5 nitrogen and oxygen atoms in total. The van der Waals surface area contributed by atoms with Gasteiger partial charge in [-0.25, -0.2) is 0 Å². The van der Waals surface area contributed by atoms with Gasteiger partial charge in [0, 0.05) is 32.2 Å². The minimum atomic E-state index is 0.760. The van der Waals surface area contributed by atoms with Gasteiger partial charge < -0.3 is 4.74 Å². The molecule has 2 aliphatic rings. The van der Waals surface area contributed by atoms with Crippen LogP contribution in [0.25, 0.3) is 0 Å². The fraction of sp³-hybridized carbons (Fsp3) is 0.846. The Kier molecular flexibility index (Phi) is 4.42. The largest absolute Gasteiger partial charge is 0.379 e. The normalized spacial score (nSPS) is 23.8. The molecule has 3 rings (SSSR count). The summed E-state index contributed by atoms with van der Waals surface area (Å²) in [5.41, 5.74) is 0. The van der Waals surface area contributed by atoms with Crippen LogP contribution in [0.15, 0.2) is 0 Å². The van der Waals surface area contributed by atoms with E-state index in [0.29, 0.717) is 0 Å². The minimum Gasteiger partial charge on any atom is -0.379 e. The van der Waals surface area contributed by atoms with E-state index in [4.69, 9.17) is 4.74 Å². The van der Waals surface area contributed by atoms with E-state index in [1.54, 1.807) is 11.3 Å². The van der Waals surface area contributed by atoms with E-state index in [9.17, 15) is 0 Å². The molecular formula is C13H22N4OS. The van der Waals surface area contributed by atoms with Crippen LogP contribution in [-0.2, 0) is 11.3 Å². The van der Waals surface area contributed by atoms with Gasteiger partial charge in [0.15, 0.2) is 0 Å². The summed E-state index contributed by atoms with van der Waals surface area (Å²) in [6.07, 6.45) is 2.55. The van der Waals surface area contributed by atoms with E-state index in [1.165, 1.54) is 25.9 Å². The Morgan fingerprint density at radius 1 is 1.16 bits per heavy atom. The average molecular weight is 282 g/mol. The molecule has 0 aliphatic carbocycles. The lowest BCUT2D eigenvalue weighted by Crippen LogP contribution is -2.48. The van der Waals surface area contributed by atoms with Crippen molar-refractivity contribution in [2.45, 2.75) is 32.4 Å². The molecule has 0 saturated carbocycles. The Balaban J connectivity index is 1.46. The van der Waals surface area contributed by atoms with Crippen LogP contribution < -0.4 is 0 Å². The van der Waals surface area contributed by atoms with Gasteiger partial charge in [0.25, 0.3) is 0 Å². The summed E-state index contributed by atoms with van der Waals surface area (Å²) in [5, 5.41) is 10.5. The maximum Gasteiger partial charge on any atom is 0.131 e. The highest BCUT2D eigenvalue weighted by molar-refractivity contribution is 7.11. The number of hydrogen-bond donors (Lipinski definition) is 0. The molecule has 0 unspecified atom stereocenters. The second-order valence-electron chi connectivity index (χ2n) is 5.37. The first-order chi connectivity index (χ1) is 9.31. The van der Waals surface area contributed by atoms with Crippen LogP contribution in [0, 0.1) is 6.92 Å². The zero-order valence-corrected chi connectivity index (χ0v) is 12.4. The summed E-state index contributed by atoms with van der Waals surface area (Å²) in [6, 6.07) is 0.760. The maximum atomic E-state index is 5.43. The van der Waals surface area contributed by atoms with Crippen molar-refractivity contribution < 1.29 is 4.74 Å². The van der Waals surface area contributed by atoms with Crippen LogP contribution in [0.5, 0.6) is 0 Å². The Hall–Kier alpha value is -0.560. The van der Waals surface area contributed by atoms with Crippen molar-refractivity contribution in [2.24, 2.45) is 0 Å². The molecule has 0 atom stereocenters. The molecule has 6 heteroatoms. The highest BCUT2D eigenvalue weighted by Gasteiger charge is 2.26. The van der Waals surface area contributed by atoms with Crippen molar-refractivity contribution in [1.82, 2.24) is 20.0 Å². The predicted octanol–water partition coefficient (Wildman–Crippen LogP) is 1.14. The van der Waals surface area contributed by atoms with Crippen molar-refractivity contribution in [3.63, 3.8) is 0 Å². The molecule has 0 amide bonds. The van der Waals surface area contributed by atoms with Crippen molar-refractivity contribution >= 4 is 11.3 Å². The first-order valence-electron chi connectivity index (χ1n) is 7.14. The molecule has 0 aromatic carbocycles. The molecule has 2 saturated heterocycles. The van der Waals surface area contributed by atoms with Gasteiger partial charge in [0.1, 0.15) is 10.0 Å². The summed E-state index contributed by atoms with van der Waals surface area (Å²) in [7, 11) is 0. The van der Waals surface area contributed by atoms with Crippen molar-refractivity contribution in [3.05, 3.63) is 10.0 Å². The number of likely N-dealkylation sites (tertiary alicyclic amines) is 1. The highest BCUT2D eigenvalue weighted by Crippen LogP contribution is 2.20. The van der Waals surface area contributed by atoms with Gasteiger partial charge in [-0.05, 0) is 19.8 Å². The summed E-state index contributed by atoms with van der Waals surface area (Å²) in [6.45, 7) is 9.39. The second kappa shape index (κ2) is 6.26. The molecule has 0 spiro atoms. The lowest BCUT2D eigenvalue weighted by Gasteiger charge is -2.39. The van der Waals surface area contributed by atoms with E-state index in [2.05, 4.69) is 20.0 Å². The topological polar surface area (TPSA) is 41.5 Å². The molecule has 1 aromatic heterocycles. The third-order valence-corrected chi connectivity index (χ3v) is 4.87. The van der Waals surface area contributed by atoms with E-state index in [-0.39, 0.29) is 0 Å². The molecule has 2 fully saturated rings. The van der Waals surface area contributed by atoms with Crippen molar-refractivity contribution in [3.8, 4) is 0 Å². The molecular weight excluding hydrogens is 260 g/mol. The van der Waals surface area contributed by atoms with E-state index >= 15 is 0 Å². The number of aromatic nitrogens is 2.